The summed E-state index contributed by atoms with van der Waals surface area (Å²) in [5.41, 5.74) is 8.69. The molecule has 0 amide bonds. The van der Waals surface area contributed by atoms with Gasteiger partial charge >= 0.3 is 0 Å². The van der Waals surface area contributed by atoms with Gasteiger partial charge in [0.05, 0.1) is 0 Å². The third-order valence-corrected chi connectivity index (χ3v) is 2.53. The Balaban J connectivity index is 2.51. The van der Waals surface area contributed by atoms with Crippen molar-refractivity contribution in [1.82, 2.24) is 5.32 Å². The van der Waals surface area contributed by atoms with Crippen LogP contribution in [0.1, 0.15) is 30.0 Å². The molecular weight excluding hydrogens is 172 g/mol. The average Bonchev–Trinajstić information content (AvgIpc) is 2.18. The summed E-state index contributed by atoms with van der Waals surface area (Å²) in [6, 6.07) is 8.54. The summed E-state index contributed by atoms with van der Waals surface area (Å²) in [5, 5.41) is 3.13. The monoisotopic (exact) mass is 192 g/mol. The summed E-state index contributed by atoms with van der Waals surface area (Å²) < 4.78 is 0. The molecule has 0 aliphatic rings. The normalized spacial score (nSPS) is 12.8. The third-order valence-electron chi connectivity index (χ3n) is 2.53. The first-order chi connectivity index (χ1) is 6.75. The highest BCUT2D eigenvalue weighted by atomic mass is 14.8. The van der Waals surface area contributed by atoms with E-state index in [0.29, 0.717) is 0 Å². The molecule has 0 aliphatic carbocycles. The molecule has 3 N–H and O–H groups in total. The fraction of sp³-hybridized carbons (Fsp3) is 0.500. The van der Waals surface area contributed by atoms with E-state index in [1.54, 1.807) is 0 Å². The summed E-state index contributed by atoms with van der Waals surface area (Å²) in [4.78, 5) is 0. The van der Waals surface area contributed by atoms with Crippen LogP contribution in [0.25, 0.3) is 0 Å². The molecule has 0 aliphatic heterocycles. The van der Waals surface area contributed by atoms with Gasteiger partial charge in [-0.1, -0.05) is 24.3 Å². The average molecular weight is 192 g/mol. The summed E-state index contributed by atoms with van der Waals surface area (Å²) >= 11 is 0. The minimum Gasteiger partial charge on any atom is -0.324 e. The minimum atomic E-state index is 0.185. The SMILES string of the molecule is CNCCCC(N)c1ccccc1C. The zero-order chi connectivity index (χ0) is 10.4. The van der Waals surface area contributed by atoms with Crippen LogP contribution >= 0.6 is 0 Å². The molecule has 0 fully saturated rings. The van der Waals surface area contributed by atoms with Crippen molar-refractivity contribution < 1.29 is 0 Å². The van der Waals surface area contributed by atoms with Crippen LogP contribution in [0.5, 0.6) is 0 Å². The Morgan fingerprint density at radius 3 is 2.71 bits per heavy atom. The second-order valence-electron chi connectivity index (χ2n) is 3.71. The van der Waals surface area contributed by atoms with E-state index >= 15 is 0 Å². The van der Waals surface area contributed by atoms with Crippen LogP contribution in [0.15, 0.2) is 24.3 Å². The van der Waals surface area contributed by atoms with E-state index in [1.807, 2.05) is 7.05 Å². The van der Waals surface area contributed by atoms with E-state index in [2.05, 4.69) is 36.5 Å². The number of hydrogen-bond donors (Lipinski definition) is 2. The van der Waals surface area contributed by atoms with Gasteiger partial charge in [-0.25, -0.2) is 0 Å². The Bertz CT molecular complexity index is 271. The van der Waals surface area contributed by atoms with E-state index in [4.69, 9.17) is 5.73 Å². The standard InChI is InChI=1S/C12H20N2/c1-10-6-3-4-7-11(10)12(13)8-5-9-14-2/h3-4,6-7,12,14H,5,8-9,13H2,1-2H3. The number of nitrogens with one attached hydrogen (secondary N) is 1. The molecule has 0 bridgehead atoms. The molecule has 1 unspecified atom stereocenters. The predicted octanol–water partition coefficient (Wildman–Crippen LogP) is 1.99. The van der Waals surface area contributed by atoms with Crippen molar-refractivity contribution >= 4 is 0 Å². The van der Waals surface area contributed by atoms with Crippen LogP contribution in [0.3, 0.4) is 0 Å². The fourth-order valence-electron chi connectivity index (χ4n) is 1.66. The number of hydrogen-bond acceptors (Lipinski definition) is 2. The highest BCUT2D eigenvalue weighted by Gasteiger charge is 2.06. The zero-order valence-electron chi connectivity index (χ0n) is 9.09. The molecule has 1 aromatic rings. The smallest absolute Gasteiger partial charge is 0.0297 e. The number of benzene rings is 1. The van der Waals surface area contributed by atoms with Gasteiger partial charge in [-0.15, -0.1) is 0 Å². The number of aryl methyl sites for hydroxylation is 1. The second kappa shape index (κ2) is 5.78. The molecule has 0 spiro atoms. The maximum Gasteiger partial charge on any atom is 0.0297 e. The van der Waals surface area contributed by atoms with Gasteiger partial charge in [0.15, 0.2) is 0 Å². The van der Waals surface area contributed by atoms with Crippen molar-refractivity contribution in [3.63, 3.8) is 0 Å². The first kappa shape index (κ1) is 11.2. The first-order valence-corrected chi connectivity index (χ1v) is 5.21. The Labute approximate surface area is 86.5 Å². The molecule has 0 saturated heterocycles. The quantitative estimate of drug-likeness (QED) is 0.700. The van der Waals surface area contributed by atoms with Crippen molar-refractivity contribution in [2.24, 2.45) is 5.73 Å². The van der Waals surface area contributed by atoms with Crippen molar-refractivity contribution in [2.45, 2.75) is 25.8 Å². The summed E-state index contributed by atoms with van der Waals surface area (Å²) in [7, 11) is 1.97. The molecule has 0 radical (unpaired) electrons. The molecule has 78 valence electrons. The first-order valence-electron chi connectivity index (χ1n) is 5.21. The molecule has 1 atom stereocenters. The maximum absolute atomic E-state index is 6.11. The lowest BCUT2D eigenvalue weighted by atomic mass is 9.98. The summed E-state index contributed by atoms with van der Waals surface area (Å²) in [6.45, 7) is 3.16. The van der Waals surface area contributed by atoms with Gasteiger partial charge in [0, 0.05) is 6.04 Å². The molecule has 2 nitrogen and oxygen atoms in total. The van der Waals surface area contributed by atoms with Crippen LogP contribution in [0.4, 0.5) is 0 Å². The largest absolute Gasteiger partial charge is 0.324 e. The predicted molar refractivity (Wildman–Crippen MR) is 61.3 cm³/mol. The highest BCUT2D eigenvalue weighted by Crippen LogP contribution is 2.18. The van der Waals surface area contributed by atoms with E-state index in [-0.39, 0.29) is 6.04 Å². The fourth-order valence-corrected chi connectivity index (χ4v) is 1.66. The Kier molecular flexibility index (Phi) is 4.63. The lowest BCUT2D eigenvalue weighted by molar-refractivity contribution is 0.588. The Hall–Kier alpha value is -0.860. The van der Waals surface area contributed by atoms with Crippen LogP contribution in [-0.4, -0.2) is 13.6 Å². The van der Waals surface area contributed by atoms with Crippen LogP contribution in [0, 0.1) is 6.92 Å². The van der Waals surface area contributed by atoms with Crippen LogP contribution in [-0.2, 0) is 0 Å². The van der Waals surface area contributed by atoms with Crippen LogP contribution in [0.2, 0.25) is 0 Å². The Morgan fingerprint density at radius 2 is 2.07 bits per heavy atom. The van der Waals surface area contributed by atoms with E-state index < -0.39 is 0 Å². The summed E-state index contributed by atoms with van der Waals surface area (Å²) in [5.74, 6) is 0. The molecular formula is C12H20N2. The molecule has 14 heavy (non-hydrogen) atoms. The molecule has 0 heterocycles. The Morgan fingerprint density at radius 1 is 1.36 bits per heavy atom. The molecule has 0 aromatic heterocycles. The third kappa shape index (κ3) is 3.13. The second-order valence-corrected chi connectivity index (χ2v) is 3.71. The van der Waals surface area contributed by atoms with E-state index in [9.17, 15) is 0 Å². The van der Waals surface area contributed by atoms with E-state index in [0.717, 1.165) is 19.4 Å². The lowest BCUT2D eigenvalue weighted by Crippen LogP contribution is -2.15. The number of nitrogens with two attached hydrogens (primary N) is 1. The van der Waals surface area contributed by atoms with Gasteiger partial charge in [-0.05, 0) is 44.5 Å². The van der Waals surface area contributed by atoms with Crippen LogP contribution < -0.4 is 11.1 Å². The molecule has 2 heteroatoms. The van der Waals surface area contributed by atoms with Gasteiger partial charge in [-0.3, -0.25) is 0 Å². The van der Waals surface area contributed by atoms with Gasteiger partial charge in [0.1, 0.15) is 0 Å². The molecule has 1 aromatic carbocycles. The van der Waals surface area contributed by atoms with Crippen molar-refractivity contribution in [1.29, 1.82) is 0 Å². The van der Waals surface area contributed by atoms with Crippen molar-refractivity contribution in [3.05, 3.63) is 35.4 Å². The minimum absolute atomic E-state index is 0.185. The maximum atomic E-state index is 6.11. The number of rotatable bonds is 5. The van der Waals surface area contributed by atoms with Gasteiger partial charge in [-0.2, -0.15) is 0 Å². The van der Waals surface area contributed by atoms with Gasteiger partial charge in [0.25, 0.3) is 0 Å². The van der Waals surface area contributed by atoms with E-state index in [1.165, 1.54) is 11.1 Å². The molecule has 0 saturated carbocycles. The van der Waals surface area contributed by atoms with Crippen molar-refractivity contribution in [3.8, 4) is 0 Å². The highest BCUT2D eigenvalue weighted by molar-refractivity contribution is 5.28. The molecule has 1 rings (SSSR count). The van der Waals surface area contributed by atoms with Crippen molar-refractivity contribution in [2.75, 3.05) is 13.6 Å². The van der Waals surface area contributed by atoms with Gasteiger partial charge < -0.3 is 11.1 Å². The lowest BCUT2D eigenvalue weighted by Gasteiger charge is -2.14. The van der Waals surface area contributed by atoms with Gasteiger partial charge in [0.2, 0.25) is 0 Å². The topological polar surface area (TPSA) is 38.0 Å². The zero-order valence-corrected chi connectivity index (χ0v) is 9.09. The summed E-state index contributed by atoms with van der Waals surface area (Å²) in [6.07, 6.45) is 2.18.